The summed E-state index contributed by atoms with van der Waals surface area (Å²) in [5, 5.41) is 9.19. The molecule has 15 heavy (non-hydrogen) atoms. The van der Waals surface area contributed by atoms with E-state index >= 15 is 0 Å². The lowest BCUT2D eigenvalue weighted by atomic mass is 9.89. The van der Waals surface area contributed by atoms with Crippen molar-refractivity contribution in [2.45, 2.75) is 33.1 Å². The van der Waals surface area contributed by atoms with Crippen LogP contribution in [0, 0.1) is 17.8 Å². The lowest BCUT2D eigenvalue weighted by molar-refractivity contribution is 0.474. The highest BCUT2D eigenvalue weighted by Crippen LogP contribution is 2.24. The Morgan fingerprint density at radius 1 is 1.20 bits per heavy atom. The zero-order valence-electron chi connectivity index (χ0n) is 9.62. The molecule has 0 fully saturated rings. The molecular weight excluding hydrogens is 184 g/mol. The van der Waals surface area contributed by atoms with Gasteiger partial charge < -0.3 is 5.11 Å². The average molecular weight is 202 g/mol. The molecule has 1 N–H and O–H groups in total. The van der Waals surface area contributed by atoms with Gasteiger partial charge in [0.2, 0.25) is 0 Å². The smallest absolute Gasteiger partial charge is 0.115 e. The first-order chi connectivity index (χ1) is 7.15. The zero-order chi connectivity index (χ0) is 11.3. The highest BCUT2D eigenvalue weighted by atomic mass is 16.3. The van der Waals surface area contributed by atoms with Gasteiger partial charge in [0, 0.05) is 12.3 Å². The number of phenolic OH excluding ortho intramolecular Hbond substituents is 1. The summed E-state index contributed by atoms with van der Waals surface area (Å²) in [6.45, 7) is 6.37. The second kappa shape index (κ2) is 5.46. The summed E-state index contributed by atoms with van der Waals surface area (Å²) < 4.78 is 0. The molecule has 80 valence electrons. The van der Waals surface area contributed by atoms with Crippen LogP contribution in [0.2, 0.25) is 0 Å². The Hall–Kier alpha value is -1.42. The van der Waals surface area contributed by atoms with Gasteiger partial charge in [-0.1, -0.05) is 38.8 Å². The van der Waals surface area contributed by atoms with E-state index in [4.69, 9.17) is 0 Å². The lowest BCUT2D eigenvalue weighted by Gasteiger charge is -2.15. The lowest BCUT2D eigenvalue weighted by Crippen LogP contribution is -2.03. The second-order valence-corrected chi connectivity index (χ2v) is 3.84. The molecular formula is C14H18O. The molecule has 0 saturated carbocycles. The summed E-state index contributed by atoms with van der Waals surface area (Å²) in [6.07, 6.45) is 0.909. The third kappa shape index (κ3) is 3.32. The molecule has 0 aliphatic carbocycles. The number of phenols is 1. The van der Waals surface area contributed by atoms with Gasteiger partial charge in [0.05, 0.1) is 0 Å². The van der Waals surface area contributed by atoms with E-state index in [2.05, 4.69) is 32.6 Å². The van der Waals surface area contributed by atoms with Crippen molar-refractivity contribution in [3.8, 4) is 17.6 Å². The maximum absolute atomic E-state index is 9.19. The Kier molecular flexibility index (Phi) is 4.24. The van der Waals surface area contributed by atoms with Crippen LogP contribution in [0.3, 0.4) is 0 Å². The molecule has 0 radical (unpaired) electrons. The van der Waals surface area contributed by atoms with E-state index in [0.717, 1.165) is 6.42 Å². The minimum Gasteiger partial charge on any atom is -0.508 e. The van der Waals surface area contributed by atoms with Crippen LogP contribution in [0.5, 0.6) is 5.75 Å². The summed E-state index contributed by atoms with van der Waals surface area (Å²) in [7, 11) is 0. The zero-order valence-corrected chi connectivity index (χ0v) is 9.62. The molecule has 0 aromatic heterocycles. The SMILES string of the molecule is CCC#CC(C)C(C)c1ccc(O)cc1. The van der Waals surface area contributed by atoms with Gasteiger partial charge >= 0.3 is 0 Å². The maximum atomic E-state index is 9.19. The Labute approximate surface area is 92.1 Å². The molecule has 2 atom stereocenters. The molecule has 0 spiro atoms. The van der Waals surface area contributed by atoms with Crippen LogP contribution in [-0.4, -0.2) is 5.11 Å². The van der Waals surface area contributed by atoms with Crippen molar-refractivity contribution in [2.75, 3.05) is 0 Å². The van der Waals surface area contributed by atoms with Crippen molar-refractivity contribution in [3.63, 3.8) is 0 Å². The fraction of sp³-hybridized carbons (Fsp3) is 0.429. The van der Waals surface area contributed by atoms with E-state index in [1.165, 1.54) is 5.56 Å². The van der Waals surface area contributed by atoms with Gasteiger partial charge in [-0.3, -0.25) is 0 Å². The molecule has 0 aliphatic rings. The summed E-state index contributed by atoms with van der Waals surface area (Å²) in [5.74, 6) is 7.42. The van der Waals surface area contributed by atoms with Gasteiger partial charge in [-0.2, -0.15) is 0 Å². The monoisotopic (exact) mass is 202 g/mol. The number of aromatic hydroxyl groups is 1. The fourth-order valence-electron chi connectivity index (χ4n) is 1.45. The predicted molar refractivity (Wildman–Crippen MR) is 63.8 cm³/mol. The number of hydrogen-bond acceptors (Lipinski definition) is 1. The quantitative estimate of drug-likeness (QED) is 0.727. The molecule has 0 amide bonds. The summed E-state index contributed by atoms with van der Waals surface area (Å²) in [5.41, 5.74) is 1.23. The molecule has 0 bridgehead atoms. The molecule has 0 heterocycles. The fourth-order valence-corrected chi connectivity index (χ4v) is 1.45. The van der Waals surface area contributed by atoms with Gasteiger partial charge in [-0.15, -0.1) is 5.92 Å². The maximum Gasteiger partial charge on any atom is 0.115 e. The topological polar surface area (TPSA) is 20.2 Å². The normalized spacial score (nSPS) is 13.8. The van der Waals surface area contributed by atoms with Crippen molar-refractivity contribution in [1.29, 1.82) is 0 Å². The van der Waals surface area contributed by atoms with Crippen molar-refractivity contribution in [2.24, 2.45) is 5.92 Å². The van der Waals surface area contributed by atoms with Gasteiger partial charge in [-0.25, -0.2) is 0 Å². The summed E-state index contributed by atoms with van der Waals surface area (Å²) in [4.78, 5) is 0. The molecule has 1 aromatic rings. The van der Waals surface area contributed by atoms with Crippen LogP contribution in [-0.2, 0) is 0 Å². The first-order valence-corrected chi connectivity index (χ1v) is 5.42. The highest BCUT2D eigenvalue weighted by Gasteiger charge is 2.11. The molecule has 1 aromatic carbocycles. The van der Waals surface area contributed by atoms with E-state index in [-0.39, 0.29) is 0 Å². The predicted octanol–water partition coefficient (Wildman–Crippen LogP) is 3.55. The Morgan fingerprint density at radius 2 is 1.80 bits per heavy atom. The van der Waals surface area contributed by atoms with Crippen molar-refractivity contribution in [3.05, 3.63) is 29.8 Å². The third-order valence-corrected chi connectivity index (χ3v) is 2.68. The Morgan fingerprint density at radius 3 is 2.33 bits per heavy atom. The molecule has 0 aliphatic heterocycles. The first-order valence-electron chi connectivity index (χ1n) is 5.42. The van der Waals surface area contributed by atoms with Crippen molar-refractivity contribution >= 4 is 0 Å². The van der Waals surface area contributed by atoms with E-state index in [1.807, 2.05) is 12.1 Å². The molecule has 1 heteroatoms. The summed E-state index contributed by atoms with van der Waals surface area (Å²) in [6, 6.07) is 7.38. The standard InChI is InChI=1S/C14H18O/c1-4-5-6-11(2)12(3)13-7-9-14(15)10-8-13/h7-12,15H,4H2,1-3H3. The van der Waals surface area contributed by atoms with E-state index in [1.54, 1.807) is 12.1 Å². The second-order valence-electron chi connectivity index (χ2n) is 3.84. The number of hydrogen-bond donors (Lipinski definition) is 1. The number of benzene rings is 1. The van der Waals surface area contributed by atoms with Crippen molar-refractivity contribution < 1.29 is 5.11 Å². The first kappa shape index (κ1) is 11.7. The van der Waals surface area contributed by atoms with Crippen molar-refractivity contribution in [1.82, 2.24) is 0 Å². The average Bonchev–Trinajstić information content (AvgIpc) is 2.26. The Bertz CT molecular complexity index is 353. The largest absolute Gasteiger partial charge is 0.508 e. The minimum absolute atomic E-state index is 0.318. The van der Waals surface area contributed by atoms with Crippen LogP contribution in [0.4, 0.5) is 0 Å². The van der Waals surface area contributed by atoms with Crippen LogP contribution in [0.15, 0.2) is 24.3 Å². The summed E-state index contributed by atoms with van der Waals surface area (Å²) >= 11 is 0. The highest BCUT2D eigenvalue weighted by molar-refractivity contribution is 5.29. The number of rotatable bonds is 2. The molecule has 1 rings (SSSR count). The molecule has 0 saturated heterocycles. The minimum atomic E-state index is 0.318. The van der Waals surface area contributed by atoms with Gasteiger partial charge in [-0.05, 0) is 23.6 Å². The Balaban J connectivity index is 2.75. The van der Waals surface area contributed by atoms with Gasteiger partial charge in [0.15, 0.2) is 0 Å². The third-order valence-electron chi connectivity index (χ3n) is 2.68. The van der Waals surface area contributed by atoms with E-state index in [9.17, 15) is 5.11 Å². The van der Waals surface area contributed by atoms with Crippen LogP contribution < -0.4 is 0 Å². The van der Waals surface area contributed by atoms with Crippen LogP contribution in [0.25, 0.3) is 0 Å². The van der Waals surface area contributed by atoms with Gasteiger partial charge in [0.1, 0.15) is 5.75 Å². The van der Waals surface area contributed by atoms with Crippen LogP contribution in [0.1, 0.15) is 38.7 Å². The van der Waals surface area contributed by atoms with Crippen LogP contribution >= 0.6 is 0 Å². The molecule has 2 unspecified atom stereocenters. The van der Waals surface area contributed by atoms with E-state index in [0.29, 0.717) is 17.6 Å². The van der Waals surface area contributed by atoms with Gasteiger partial charge in [0.25, 0.3) is 0 Å². The molecule has 1 nitrogen and oxygen atoms in total. The van der Waals surface area contributed by atoms with E-state index < -0.39 is 0 Å².